The predicted molar refractivity (Wildman–Crippen MR) is 53.5 cm³/mol. The molecule has 7 nitrogen and oxygen atoms in total. The summed E-state index contributed by atoms with van der Waals surface area (Å²) in [5.41, 5.74) is -0.158. The fourth-order valence-corrected chi connectivity index (χ4v) is 1.45. The highest BCUT2D eigenvalue weighted by Crippen LogP contribution is 2.35. The zero-order chi connectivity index (χ0) is 11.9. The molecule has 0 saturated heterocycles. The van der Waals surface area contributed by atoms with E-state index in [1.165, 1.54) is 6.07 Å². The molecular formula is C8H3ClN3O4. The fraction of sp³-hybridized carbons (Fsp3) is 0. The number of fused-ring (bicyclic) bond motifs is 1. The summed E-state index contributed by atoms with van der Waals surface area (Å²) in [4.78, 5) is 31.8. The van der Waals surface area contributed by atoms with Crippen LogP contribution in [0.25, 0.3) is 0 Å². The van der Waals surface area contributed by atoms with E-state index in [2.05, 4.69) is 10.6 Å². The Kier molecular flexibility index (Phi) is 2.24. The number of halogens is 1. The van der Waals surface area contributed by atoms with Crippen LogP contribution in [0.3, 0.4) is 0 Å². The van der Waals surface area contributed by atoms with Crippen LogP contribution < -0.4 is 10.6 Å². The largest absolute Gasteiger partial charge is 0.335 e. The number of benzene rings is 1. The summed E-state index contributed by atoms with van der Waals surface area (Å²) in [6, 6.07) is 2.22. The van der Waals surface area contributed by atoms with Gasteiger partial charge in [-0.15, -0.1) is 0 Å². The molecule has 0 aromatic heterocycles. The first-order chi connectivity index (χ1) is 7.49. The van der Waals surface area contributed by atoms with Crippen molar-refractivity contribution >= 4 is 40.5 Å². The first-order valence-corrected chi connectivity index (χ1v) is 4.42. The molecule has 8 heteroatoms. The van der Waals surface area contributed by atoms with Gasteiger partial charge in [0.25, 0.3) is 5.69 Å². The van der Waals surface area contributed by atoms with E-state index in [-0.39, 0.29) is 22.1 Å². The maximum Gasteiger partial charge on any atom is 0.335 e. The molecule has 81 valence electrons. The van der Waals surface area contributed by atoms with E-state index >= 15 is 0 Å². The van der Waals surface area contributed by atoms with Gasteiger partial charge in [0.1, 0.15) is 5.02 Å². The minimum absolute atomic E-state index is 0.0284. The number of carbonyl (C=O) groups excluding carboxylic acids is 2. The molecule has 0 atom stereocenters. The van der Waals surface area contributed by atoms with E-state index in [9.17, 15) is 19.7 Å². The molecule has 1 aromatic rings. The van der Waals surface area contributed by atoms with Gasteiger partial charge in [-0.3, -0.25) is 19.7 Å². The van der Waals surface area contributed by atoms with E-state index in [1.807, 2.05) is 0 Å². The number of nitrogens with one attached hydrogen (secondary N) is 1. The van der Waals surface area contributed by atoms with Crippen molar-refractivity contribution in [1.29, 1.82) is 0 Å². The smallest absolute Gasteiger partial charge is 0.316 e. The summed E-state index contributed by atoms with van der Waals surface area (Å²) >= 11 is 5.62. The molecule has 16 heavy (non-hydrogen) atoms. The van der Waals surface area contributed by atoms with Gasteiger partial charge in [-0.05, 0) is 6.07 Å². The number of nitro benzene ring substituents is 1. The molecule has 0 fully saturated rings. The third-order valence-corrected chi connectivity index (χ3v) is 2.23. The lowest BCUT2D eigenvalue weighted by molar-refractivity contribution is -0.384. The first kappa shape index (κ1) is 10.4. The minimum atomic E-state index is -0.996. The molecule has 0 bridgehead atoms. The van der Waals surface area contributed by atoms with Gasteiger partial charge in [0.15, 0.2) is 0 Å². The Morgan fingerprint density at radius 2 is 2.06 bits per heavy atom. The van der Waals surface area contributed by atoms with E-state index in [4.69, 9.17) is 11.6 Å². The average Bonchev–Trinajstić information content (AvgIpc) is 2.19. The van der Waals surface area contributed by atoms with Crippen molar-refractivity contribution in [3.8, 4) is 0 Å². The van der Waals surface area contributed by atoms with Crippen molar-refractivity contribution < 1.29 is 14.5 Å². The van der Waals surface area contributed by atoms with Gasteiger partial charge < -0.3 is 5.32 Å². The van der Waals surface area contributed by atoms with E-state index in [0.717, 1.165) is 6.07 Å². The molecular weight excluding hydrogens is 238 g/mol. The zero-order valence-corrected chi connectivity index (χ0v) is 8.32. The van der Waals surface area contributed by atoms with Crippen molar-refractivity contribution in [2.24, 2.45) is 0 Å². The van der Waals surface area contributed by atoms with E-state index < -0.39 is 16.7 Å². The standard InChI is InChI=1S/C8H3ClN3O4/c9-3-1-4-5(2-6(3)12(15)16)11-8(14)7(13)10-4/h1-2H,(H,10,13). The molecule has 2 rings (SSSR count). The molecule has 0 aliphatic carbocycles. The normalized spacial score (nSPS) is 13.8. The molecule has 0 saturated carbocycles. The average molecular weight is 241 g/mol. The summed E-state index contributed by atoms with van der Waals surface area (Å²) in [6.07, 6.45) is 0. The van der Waals surface area contributed by atoms with Crippen LogP contribution in [0.1, 0.15) is 0 Å². The van der Waals surface area contributed by atoms with E-state index in [0.29, 0.717) is 0 Å². The summed E-state index contributed by atoms with van der Waals surface area (Å²) < 4.78 is 0. The van der Waals surface area contributed by atoms with Gasteiger partial charge in [-0.25, -0.2) is 5.32 Å². The van der Waals surface area contributed by atoms with Gasteiger partial charge >= 0.3 is 11.8 Å². The lowest BCUT2D eigenvalue weighted by atomic mass is 10.2. The SMILES string of the molecule is O=C1[N]c2cc([N+](=O)[O-])c(Cl)cc2NC1=O. The quantitative estimate of drug-likeness (QED) is 0.448. The van der Waals surface area contributed by atoms with E-state index in [1.54, 1.807) is 0 Å². The monoisotopic (exact) mass is 240 g/mol. The van der Waals surface area contributed by atoms with Gasteiger partial charge in [-0.2, -0.15) is 0 Å². The number of anilines is 1. The molecule has 1 N–H and O–H groups in total. The fourth-order valence-electron chi connectivity index (χ4n) is 1.22. The number of carbonyl (C=O) groups is 2. The van der Waals surface area contributed by atoms with Crippen molar-refractivity contribution in [3.63, 3.8) is 0 Å². The maximum atomic E-state index is 11.0. The molecule has 2 amide bonds. The number of hydrogen-bond acceptors (Lipinski definition) is 4. The number of hydrogen-bond donors (Lipinski definition) is 1. The second kappa shape index (κ2) is 3.46. The van der Waals surface area contributed by atoms with Crippen LogP contribution in [0.5, 0.6) is 0 Å². The summed E-state index contributed by atoms with van der Waals surface area (Å²) in [5, 5.41) is 16.1. The third-order valence-electron chi connectivity index (χ3n) is 1.93. The van der Waals surface area contributed by atoms with Crippen LogP contribution in [0.4, 0.5) is 17.1 Å². The van der Waals surface area contributed by atoms with Crippen molar-refractivity contribution in [2.75, 3.05) is 5.32 Å². The lowest BCUT2D eigenvalue weighted by Crippen LogP contribution is -2.33. The molecule has 0 spiro atoms. The van der Waals surface area contributed by atoms with Crippen LogP contribution in [-0.4, -0.2) is 16.7 Å². The summed E-state index contributed by atoms with van der Waals surface area (Å²) in [5.74, 6) is -1.89. The second-order valence-corrected chi connectivity index (χ2v) is 3.36. The van der Waals surface area contributed by atoms with Gasteiger partial charge in [0.05, 0.1) is 16.3 Å². The molecule has 1 aliphatic heterocycles. The Labute approximate surface area is 93.5 Å². The number of nitro groups is 1. The van der Waals surface area contributed by atoms with Crippen molar-refractivity contribution in [3.05, 3.63) is 27.3 Å². The predicted octanol–water partition coefficient (Wildman–Crippen LogP) is 0.963. The van der Waals surface area contributed by atoms with Crippen LogP contribution in [0, 0.1) is 10.1 Å². The second-order valence-electron chi connectivity index (χ2n) is 2.95. The maximum absolute atomic E-state index is 11.0. The Balaban J connectivity index is 2.55. The van der Waals surface area contributed by atoms with Crippen LogP contribution in [0.15, 0.2) is 12.1 Å². The lowest BCUT2D eigenvalue weighted by Gasteiger charge is -2.14. The Morgan fingerprint density at radius 3 is 2.69 bits per heavy atom. The highest BCUT2D eigenvalue weighted by molar-refractivity contribution is 6.43. The Morgan fingerprint density at radius 1 is 1.38 bits per heavy atom. The van der Waals surface area contributed by atoms with Crippen molar-refractivity contribution in [2.45, 2.75) is 0 Å². The highest BCUT2D eigenvalue weighted by atomic mass is 35.5. The summed E-state index contributed by atoms with van der Waals surface area (Å²) in [7, 11) is 0. The number of amides is 2. The van der Waals surface area contributed by atoms with Gasteiger partial charge in [-0.1, -0.05) is 11.6 Å². The molecule has 1 radical (unpaired) electrons. The number of rotatable bonds is 1. The number of nitrogens with zero attached hydrogens (tertiary/aromatic N) is 2. The molecule has 1 heterocycles. The molecule has 1 aliphatic rings. The van der Waals surface area contributed by atoms with Crippen LogP contribution in [0.2, 0.25) is 5.02 Å². The molecule has 0 unspecified atom stereocenters. The molecule has 1 aromatic carbocycles. The minimum Gasteiger partial charge on any atom is -0.316 e. The van der Waals surface area contributed by atoms with Crippen molar-refractivity contribution in [1.82, 2.24) is 5.32 Å². The van der Waals surface area contributed by atoms with Gasteiger partial charge in [0.2, 0.25) is 0 Å². The summed E-state index contributed by atoms with van der Waals surface area (Å²) in [6.45, 7) is 0. The first-order valence-electron chi connectivity index (χ1n) is 4.04. The zero-order valence-electron chi connectivity index (χ0n) is 7.56. The Bertz CT molecular complexity index is 528. The third kappa shape index (κ3) is 1.57. The highest BCUT2D eigenvalue weighted by Gasteiger charge is 2.28. The van der Waals surface area contributed by atoms with Crippen LogP contribution >= 0.6 is 11.6 Å². The Hall–Kier alpha value is -2.15. The van der Waals surface area contributed by atoms with Gasteiger partial charge in [0, 0.05) is 6.07 Å². The topological polar surface area (TPSA) is 103 Å². The van der Waals surface area contributed by atoms with Crippen LogP contribution in [-0.2, 0) is 9.59 Å².